The molecule has 2 unspecified atom stereocenters. The third-order valence-corrected chi connectivity index (χ3v) is 5.00. The lowest BCUT2D eigenvalue weighted by molar-refractivity contribution is 0.503. The van der Waals surface area contributed by atoms with Gasteiger partial charge in [0.15, 0.2) is 0 Å². The molecular weight excluding hydrogens is 250 g/mol. The molecule has 1 fully saturated rings. The number of benzene rings is 1. The Hall–Kier alpha value is -0.180. The summed E-state index contributed by atoms with van der Waals surface area (Å²) < 4.78 is 0. The Morgan fingerprint density at radius 1 is 1.47 bits per heavy atom. The molecule has 17 heavy (non-hydrogen) atoms. The summed E-state index contributed by atoms with van der Waals surface area (Å²) in [7, 11) is 0. The summed E-state index contributed by atoms with van der Waals surface area (Å²) in [5.41, 5.74) is 1.27. The van der Waals surface area contributed by atoms with E-state index in [4.69, 9.17) is 11.6 Å². The zero-order valence-corrected chi connectivity index (χ0v) is 11.9. The van der Waals surface area contributed by atoms with Crippen LogP contribution in [0.3, 0.4) is 0 Å². The van der Waals surface area contributed by atoms with Crippen molar-refractivity contribution in [1.29, 1.82) is 0 Å². The largest absolute Gasteiger partial charge is 0.309 e. The van der Waals surface area contributed by atoms with Crippen molar-refractivity contribution >= 4 is 23.4 Å². The maximum atomic E-state index is 6.33. The zero-order chi connectivity index (χ0) is 12.1. The second-order valence-corrected chi connectivity index (χ2v) is 6.26. The van der Waals surface area contributed by atoms with Crippen LogP contribution in [-0.4, -0.2) is 17.5 Å². The molecule has 94 valence electrons. The van der Waals surface area contributed by atoms with E-state index in [0.29, 0.717) is 11.3 Å². The minimum atomic E-state index is 0.413. The van der Waals surface area contributed by atoms with Gasteiger partial charge in [-0.15, -0.1) is 0 Å². The van der Waals surface area contributed by atoms with Gasteiger partial charge in [0.1, 0.15) is 0 Å². The second kappa shape index (κ2) is 6.67. The van der Waals surface area contributed by atoms with Crippen LogP contribution in [0.2, 0.25) is 5.02 Å². The summed E-state index contributed by atoms with van der Waals surface area (Å²) in [5.74, 6) is 1.29. The molecule has 0 aliphatic carbocycles. The highest BCUT2D eigenvalue weighted by Gasteiger charge is 2.27. The van der Waals surface area contributed by atoms with Crippen LogP contribution in [0, 0.1) is 0 Å². The monoisotopic (exact) mass is 269 g/mol. The number of thioether (sulfide) groups is 1. The van der Waals surface area contributed by atoms with Crippen LogP contribution in [0.4, 0.5) is 0 Å². The van der Waals surface area contributed by atoms with Crippen LogP contribution in [0.1, 0.15) is 37.8 Å². The summed E-state index contributed by atoms with van der Waals surface area (Å²) in [4.78, 5) is 0. The number of rotatable bonds is 5. The number of nitrogens with one attached hydrogen (secondary N) is 1. The maximum Gasteiger partial charge on any atom is 0.0455 e. The van der Waals surface area contributed by atoms with Gasteiger partial charge in [0.25, 0.3) is 0 Å². The number of hydrogen-bond donors (Lipinski definition) is 1. The van der Waals surface area contributed by atoms with Crippen LogP contribution in [0.25, 0.3) is 0 Å². The Balaban J connectivity index is 2.16. The fraction of sp³-hybridized carbons (Fsp3) is 0.571. The lowest BCUT2D eigenvalue weighted by Gasteiger charge is -2.25. The molecule has 1 aliphatic rings. The number of hydrogen-bond acceptors (Lipinski definition) is 2. The topological polar surface area (TPSA) is 12.0 Å². The SMILES string of the molecule is CCCNC(c1ccccc1Cl)C1CCCS1. The molecule has 0 radical (unpaired) electrons. The molecule has 0 aromatic heterocycles. The van der Waals surface area contributed by atoms with E-state index in [2.05, 4.69) is 36.1 Å². The van der Waals surface area contributed by atoms with Gasteiger partial charge >= 0.3 is 0 Å². The highest BCUT2D eigenvalue weighted by Crippen LogP contribution is 2.38. The predicted molar refractivity (Wildman–Crippen MR) is 78.0 cm³/mol. The van der Waals surface area contributed by atoms with Crippen LogP contribution in [0.15, 0.2) is 24.3 Å². The molecule has 0 bridgehead atoms. The first-order valence-corrected chi connectivity index (χ1v) is 7.85. The van der Waals surface area contributed by atoms with E-state index in [9.17, 15) is 0 Å². The van der Waals surface area contributed by atoms with Crippen molar-refractivity contribution < 1.29 is 0 Å². The summed E-state index contributed by atoms with van der Waals surface area (Å²) >= 11 is 8.41. The van der Waals surface area contributed by atoms with Crippen LogP contribution in [0.5, 0.6) is 0 Å². The van der Waals surface area contributed by atoms with Crippen molar-refractivity contribution in [3.05, 3.63) is 34.9 Å². The molecule has 0 amide bonds. The minimum absolute atomic E-state index is 0.413. The molecule has 1 N–H and O–H groups in total. The van der Waals surface area contributed by atoms with Gasteiger partial charge in [0.05, 0.1) is 0 Å². The standard InChI is InChI=1S/C14H20ClNS/c1-2-9-16-14(13-8-5-10-17-13)11-6-3-4-7-12(11)15/h3-4,6-7,13-14,16H,2,5,8-10H2,1H3. The Bertz CT molecular complexity index is 350. The van der Waals surface area contributed by atoms with Gasteiger partial charge in [-0.25, -0.2) is 0 Å². The van der Waals surface area contributed by atoms with Gasteiger partial charge in [-0.3, -0.25) is 0 Å². The molecule has 1 aliphatic heterocycles. The Kier molecular flexibility index (Phi) is 5.20. The summed E-state index contributed by atoms with van der Waals surface area (Å²) in [6.45, 7) is 3.27. The molecule has 3 heteroatoms. The van der Waals surface area contributed by atoms with E-state index >= 15 is 0 Å². The molecule has 2 atom stereocenters. The summed E-state index contributed by atoms with van der Waals surface area (Å²) in [6.07, 6.45) is 3.81. The van der Waals surface area contributed by atoms with E-state index in [1.807, 2.05) is 12.1 Å². The summed E-state index contributed by atoms with van der Waals surface area (Å²) in [5, 5.41) is 5.24. The average molecular weight is 270 g/mol. The number of halogens is 1. The lowest BCUT2D eigenvalue weighted by Crippen LogP contribution is -2.29. The molecule has 1 aromatic carbocycles. The first-order chi connectivity index (χ1) is 8.33. The molecule has 1 aromatic rings. The lowest BCUT2D eigenvalue weighted by atomic mass is 10.0. The van der Waals surface area contributed by atoms with E-state index in [1.165, 1.54) is 30.6 Å². The molecule has 1 nitrogen and oxygen atoms in total. The van der Waals surface area contributed by atoms with E-state index in [-0.39, 0.29) is 0 Å². The maximum absolute atomic E-state index is 6.33. The van der Waals surface area contributed by atoms with Crippen LogP contribution in [-0.2, 0) is 0 Å². The van der Waals surface area contributed by atoms with Crippen LogP contribution >= 0.6 is 23.4 Å². The van der Waals surface area contributed by atoms with Gasteiger partial charge < -0.3 is 5.32 Å². The van der Waals surface area contributed by atoms with Gasteiger partial charge in [-0.2, -0.15) is 11.8 Å². The molecule has 1 saturated heterocycles. The van der Waals surface area contributed by atoms with Crippen molar-refractivity contribution in [1.82, 2.24) is 5.32 Å². The smallest absolute Gasteiger partial charge is 0.0455 e. The quantitative estimate of drug-likeness (QED) is 0.856. The highest BCUT2D eigenvalue weighted by molar-refractivity contribution is 8.00. The van der Waals surface area contributed by atoms with Gasteiger partial charge in [-0.1, -0.05) is 36.7 Å². The van der Waals surface area contributed by atoms with E-state index in [0.717, 1.165) is 11.6 Å². The molecule has 1 heterocycles. The zero-order valence-electron chi connectivity index (χ0n) is 10.3. The Morgan fingerprint density at radius 3 is 2.94 bits per heavy atom. The predicted octanol–water partition coefficient (Wildman–Crippen LogP) is 4.28. The van der Waals surface area contributed by atoms with Crippen molar-refractivity contribution in [2.75, 3.05) is 12.3 Å². The summed E-state index contributed by atoms with van der Waals surface area (Å²) in [6, 6.07) is 8.66. The normalized spacial score (nSPS) is 21.6. The Labute approximate surface area is 113 Å². The van der Waals surface area contributed by atoms with Gasteiger partial charge in [0.2, 0.25) is 0 Å². The second-order valence-electron chi connectivity index (χ2n) is 4.50. The minimum Gasteiger partial charge on any atom is -0.309 e. The Morgan fingerprint density at radius 2 is 2.29 bits per heavy atom. The first kappa shape index (κ1) is 13.3. The van der Waals surface area contributed by atoms with Gasteiger partial charge in [0, 0.05) is 16.3 Å². The van der Waals surface area contributed by atoms with Crippen molar-refractivity contribution in [2.45, 2.75) is 37.5 Å². The van der Waals surface area contributed by atoms with Crippen molar-refractivity contribution in [3.8, 4) is 0 Å². The van der Waals surface area contributed by atoms with E-state index in [1.54, 1.807) is 0 Å². The first-order valence-electron chi connectivity index (χ1n) is 6.42. The highest BCUT2D eigenvalue weighted by atomic mass is 35.5. The fourth-order valence-electron chi connectivity index (χ4n) is 2.33. The van der Waals surface area contributed by atoms with Crippen molar-refractivity contribution in [3.63, 3.8) is 0 Å². The third kappa shape index (κ3) is 3.40. The van der Waals surface area contributed by atoms with Gasteiger partial charge in [-0.05, 0) is 43.2 Å². The van der Waals surface area contributed by atoms with E-state index < -0.39 is 0 Å². The average Bonchev–Trinajstić information content (AvgIpc) is 2.85. The molecule has 0 spiro atoms. The van der Waals surface area contributed by atoms with Crippen molar-refractivity contribution in [2.24, 2.45) is 0 Å². The fourth-order valence-corrected chi connectivity index (χ4v) is 3.99. The van der Waals surface area contributed by atoms with Crippen LogP contribution < -0.4 is 5.32 Å². The third-order valence-electron chi connectivity index (χ3n) is 3.19. The molecule has 0 saturated carbocycles. The molecular formula is C14H20ClNS. The molecule has 2 rings (SSSR count).